The Kier molecular flexibility index (Phi) is 4.18. The maximum absolute atomic E-state index is 10.9. The van der Waals surface area contributed by atoms with E-state index in [1.807, 2.05) is 6.92 Å². The molecule has 1 amide bonds. The summed E-state index contributed by atoms with van der Waals surface area (Å²) in [6.45, 7) is 9.31. The Labute approximate surface area is 67.4 Å². The van der Waals surface area contributed by atoms with Gasteiger partial charge in [0.05, 0.1) is 0 Å². The van der Waals surface area contributed by atoms with Gasteiger partial charge >= 0.3 is 0 Å². The molecule has 0 fully saturated rings. The SMILES string of the molecule is C=CN=C(C)N(CC)C(C)=O. The van der Waals surface area contributed by atoms with Crippen LogP contribution in [0.25, 0.3) is 0 Å². The molecule has 3 nitrogen and oxygen atoms in total. The molecule has 0 aliphatic rings. The molecule has 0 heterocycles. The van der Waals surface area contributed by atoms with Gasteiger partial charge in [0, 0.05) is 19.7 Å². The van der Waals surface area contributed by atoms with Crippen molar-refractivity contribution < 1.29 is 4.79 Å². The fraction of sp³-hybridized carbons (Fsp3) is 0.500. The standard InChI is InChI=1S/C8H14N2O/c1-5-9-7(3)10(6-2)8(4)11/h5H,1,6H2,2-4H3. The summed E-state index contributed by atoms with van der Waals surface area (Å²) < 4.78 is 0. The lowest BCUT2D eigenvalue weighted by Gasteiger charge is -2.17. The first kappa shape index (κ1) is 9.88. The van der Waals surface area contributed by atoms with Gasteiger partial charge in [-0.05, 0) is 13.8 Å². The third kappa shape index (κ3) is 2.98. The van der Waals surface area contributed by atoms with Crippen LogP contribution >= 0.6 is 0 Å². The van der Waals surface area contributed by atoms with E-state index in [0.717, 1.165) is 0 Å². The smallest absolute Gasteiger partial charge is 0.224 e. The third-order valence-electron chi connectivity index (χ3n) is 1.37. The van der Waals surface area contributed by atoms with Crippen molar-refractivity contribution in [3.05, 3.63) is 12.8 Å². The van der Waals surface area contributed by atoms with Gasteiger partial charge in [-0.15, -0.1) is 0 Å². The second kappa shape index (κ2) is 4.66. The zero-order chi connectivity index (χ0) is 8.85. The Morgan fingerprint density at radius 2 is 2.18 bits per heavy atom. The van der Waals surface area contributed by atoms with Crippen molar-refractivity contribution in [2.45, 2.75) is 20.8 Å². The van der Waals surface area contributed by atoms with E-state index in [2.05, 4.69) is 11.6 Å². The summed E-state index contributed by atoms with van der Waals surface area (Å²) in [5.41, 5.74) is 0. The number of carbonyl (C=O) groups excluding carboxylic acids is 1. The zero-order valence-electron chi connectivity index (χ0n) is 7.29. The monoisotopic (exact) mass is 154 g/mol. The van der Waals surface area contributed by atoms with Gasteiger partial charge in [0.15, 0.2) is 0 Å². The molecule has 0 atom stereocenters. The number of carbonyl (C=O) groups is 1. The first-order chi connectivity index (χ1) is 5.13. The molecule has 11 heavy (non-hydrogen) atoms. The van der Waals surface area contributed by atoms with E-state index >= 15 is 0 Å². The molecular formula is C8H14N2O. The Bertz CT molecular complexity index is 185. The molecular weight excluding hydrogens is 140 g/mol. The molecule has 62 valence electrons. The van der Waals surface area contributed by atoms with Crippen LogP contribution in [0.2, 0.25) is 0 Å². The predicted molar refractivity (Wildman–Crippen MR) is 46.4 cm³/mol. The number of nitrogens with zero attached hydrogens (tertiary/aromatic N) is 2. The predicted octanol–water partition coefficient (Wildman–Crippen LogP) is 1.42. The molecule has 3 heteroatoms. The van der Waals surface area contributed by atoms with Gasteiger partial charge in [0.25, 0.3) is 0 Å². The summed E-state index contributed by atoms with van der Waals surface area (Å²) >= 11 is 0. The molecule has 0 aromatic heterocycles. The van der Waals surface area contributed by atoms with Crippen LogP contribution in [-0.4, -0.2) is 23.2 Å². The number of hydrogen-bond donors (Lipinski definition) is 0. The Morgan fingerprint density at radius 3 is 2.45 bits per heavy atom. The molecule has 0 saturated heterocycles. The summed E-state index contributed by atoms with van der Waals surface area (Å²) in [7, 11) is 0. The maximum Gasteiger partial charge on any atom is 0.224 e. The van der Waals surface area contributed by atoms with Gasteiger partial charge in [-0.25, -0.2) is 4.99 Å². The highest BCUT2D eigenvalue weighted by atomic mass is 16.2. The molecule has 0 unspecified atom stereocenters. The minimum atomic E-state index is 0.00981. The van der Waals surface area contributed by atoms with E-state index in [1.165, 1.54) is 13.1 Å². The first-order valence-electron chi connectivity index (χ1n) is 3.56. The van der Waals surface area contributed by atoms with E-state index in [1.54, 1.807) is 11.8 Å². The average molecular weight is 154 g/mol. The largest absolute Gasteiger partial charge is 0.301 e. The molecule has 0 aromatic rings. The van der Waals surface area contributed by atoms with Crippen LogP contribution in [0, 0.1) is 0 Å². The highest BCUT2D eigenvalue weighted by Crippen LogP contribution is 1.92. The average Bonchev–Trinajstić information content (AvgIpc) is 1.88. The molecule has 0 rings (SSSR count). The van der Waals surface area contributed by atoms with Crippen LogP contribution in [0.15, 0.2) is 17.8 Å². The summed E-state index contributed by atoms with van der Waals surface area (Å²) in [4.78, 5) is 16.4. The van der Waals surface area contributed by atoms with Gasteiger partial charge in [-0.1, -0.05) is 6.58 Å². The molecule has 0 N–H and O–H groups in total. The highest BCUT2D eigenvalue weighted by Gasteiger charge is 2.07. The molecule has 0 aliphatic heterocycles. The fourth-order valence-electron chi connectivity index (χ4n) is 0.881. The number of aliphatic imine (C=N–C) groups is 1. The maximum atomic E-state index is 10.9. The van der Waals surface area contributed by atoms with Crippen LogP contribution in [0.3, 0.4) is 0 Å². The van der Waals surface area contributed by atoms with Gasteiger partial charge in [0.2, 0.25) is 5.91 Å². The van der Waals surface area contributed by atoms with Crippen LogP contribution in [0.5, 0.6) is 0 Å². The van der Waals surface area contributed by atoms with E-state index in [4.69, 9.17) is 0 Å². The van der Waals surface area contributed by atoms with Crippen molar-refractivity contribution in [3.8, 4) is 0 Å². The lowest BCUT2D eigenvalue weighted by atomic mass is 10.4. The lowest BCUT2D eigenvalue weighted by molar-refractivity contribution is -0.124. The summed E-state index contributed by atoms with van der Waals surface area (Å²) in [6.07, 6.45) is 1.43. The molecule has 0 saturated carbocycles. The van der Waals surface area contributed by atoms with Crippen LogP contribution in [0.1, 0.15) is 20.8 Å². The summed E-state index contributed by atoms with van der Waals surface area (Å²) in [5, 5.41) is 0. The van der Waals surface area contributed by atoms with Crippen molar-refractivity contribution in [3.63, 3.8) is 0 Å². The third-order valence-corrected chi connectivity index (χ3v) is 1.37. The minimum absolute atomic E-state index is 0.00981. The van der Waals surface area contributed by atoms with E-state index < -0.39 is 0 Å². The summed E-state index contributed by atoms with van der Waals surface area (Å²) in [5.74, 6) is 0.700. The molecule has 0 aromatic carbocycles. The van der Waals surface area contributed by atoms with E-state index in [-0.39, 0.29) is 5.91 Å². The molecule has 0 bridgehead atoms. The Morgan fingerprint density at radius 1 is 1.64 bits per heavy atom. The van der Waals surface area contributed by atoms with Crippen molar-refractivity contribution in [1.82, 2.24) is 4.90 Å². The van der Waals surface area contributed by atoms with Gasteiger partial charge in [-0.3, -0.25) is 4.79 Å². The molecule has 0 aliphatic carbocycles. The number of amides is 1. The first-order valence-corrected chi connectivity index (χ1v) is 3.56. The van der Waals surface area contributed by atoms with Gasteiger partial charge < -0.3 is 4.90 Å². The number of hydrogen-bond acceptors (Lipinski definition) is 2. The molecule has 0 radical (unpaired) electrons. The fourth-order valence-corrected chi connectivity index (χ4v) is 0.881. The van der Waals surface area contributed by atoms with Crippen molar-refractivity contribution >= 4 is 11.7 Å². The van der Waals surface area contributed by atoms with Gasteiger partial charge in [0.1, 0.15) is 5.84 Å². The van der Waals surface area contributed by atoms with Crippen molar-refractivity contribution in [1.29, 1.82) is 0 Å². The van der Waals surface area contributed by atoms with Crippen LogP contribution in [-0.2, 0) is 4.79 Å². The second-order valence-electron chi connectivity index (χ2n) is 2.12. The summed E-state index contributed by atoms with van der Waals surface area (Å²) in [6, 6.07) is 0. The van der Waals surface area contributed by atoms with Crippen LogP contribution < -0.4 is 0 Å². The normalized spacial score (nSPS) is 11.0. The van der Waals surface area contributed by atoms with Crippen molar-refractivity contribution in [2.24, 2.45) is 4.99 Å². The van der Waals surface area contributed by atoms with Crippen molar-refractivity contribution in [2.75, 3.05) is 6.54 Å². The minimum Gasteiger partial charge on any atom is -0.301 e. The van der Waals surface area contributed by atoms with Gasteiger partial charge in [-0.2, -0.15) is 0 Å². The zero-order valence-corrected chi connectivity index (χ0v) is 7.29. The lowest BCUT2D eigenvalue weighted by Crippen LogP contribution is -2.32. The van der Waals surface area contributed by atoms with Crippen LogP contribution in [0.4, 0.5) is 0 Å². The molecule has 0 spiro atoms. The topological polar surface area (TPSA) is 32.7 Å². The van der Waals surface area contributed by atoms with E-state index in [0.29, 0.717) is 12.4 Å². The number of amidine groups is 1. The quantitative estimate of drug-likeness (QED) is 0.437. The highest BCUT2D eigenvalue weighted by molar-refractivity contribution is 5.96. The second-order valence-corrected chi connectivity index (χ2v) is 2.12. The Hall–Kier alpha value is -1.12. The Balaban J connectivity index is 4.37. The van der Waals surface area contributed by atoms with E-state index in [9.17, 15) is 4.79 Å². The number of rotatable bonds is 2.